The molecule has 1 unspecified atom stereocenters. The number of aliphatic hydroxyl groups excluding tert-OH is 4. The van der Waals surface area contributed by atoms with E-state index in [1.165, 1.54) is 27.7 Å². The Morgan fingerprint density at radius 1 is 0.658 bits per heavy atom. The fourth-order valence-electron chi connectivity index (χ4n) is 0.923. The molecule has 38 heavy (non-hydrogen) atoms. The van der Waals surface area contributed by atoms with Gasteiger partial charge < -0.3 is 44.1 Å². The van der Waals surface area contributed by atoms with Crippen LogP contribution < -0.4 is 0 Å². The molecule has 1 atom stereocenters. The lowest BCUT2D eigenvalue weighted by atomic mass is 10.4. The van der Waals surface area contributed by atoms with Gasteiger partial charge in [-0.05, 0) is 20.8 Å². The maximum absolute atomic E-state index is 10.3. The summed E-state index contributed by atoms with van der Waals surface area (Å²) >= 11 is 0. The van der Waals surface area contributed by atoms with Gasteiger partial charge in [-0.2, -0.15) is 0 Å². The molecule has 0 rings (SSSR count). The summed E-state index contributed by atoms with van der Waals surface area (Å²) in [5.41, 5.74) is 0. The van der Waals surface area contributed by atoms with Crippen LogP contribution in [-0.2, 0) is 42.9 Å². The number of carbonyl (C=O) groups is 4. The Morgan fingerprint density at radius 2 is 0.895 bits per heavy atom. The summed E-state index contributed by atoms with van der Waals surface area (Å²) in [5.74, 6) is -1.48. The summed E-state index contributed by atoms with van der Waals surface area (Å²) in [6.45, 7) is 17.3. The number of hydrogen-bond donors (Lipinski definition) is 4. The first-order chi connectivity index (χ1) is 17.7. The van der Waals surface area contributed by atoms with Crippen LogP contribution in [0.1, 0.15) is 48.5 Å². The van der Waals surface area contributed by atoms with Crippen molar-refractivity contribution in [1.82, 2.24) is 0 Å². The molecule has 0 radical (unpaired) electrons. The van der Waals surface area contributed by atoms with E-state index in [4.69, 9.17) is 20.4 Å². The van der Waals surface area contributed by atoms with E-state index >= 15 is 0 Å². The third-order valence-electron chi connectivity index (χ3n) is 1.78. The molecule has 0 saturated carbocycles. The van der Waals surface area contributed by atoms with E-state index in [1.807, 2.05) is 13.8 Å². The van der Waals surface area contributed by atoms with Crippen molar-refractivity contribution in [2.24, 2.45) is 0 Å². The van der Waals surface area contributed by atoms with Gasteiger partial charge in [-0.25, -0.2) is 0 Å². The van der Waals surface area contributed by atoms with Crippen LogP contribution in [0.2, 0.25) is 0 Å². The summed E-state index contributed by atoms with van der Waals surface area (Å²) < 4.78 is 22.5. The van der Waals surface area contributed by atoms with Crippen LogP contribution in [0.4, 0.5) is 0 Å². The van der Waals surface area contributed by atoms with Crippen LogP contribution in [-0.4, -0.2) is 111 Å². The van der Waals surface area contributed by atoms with Crippen LogP contribution in [0.15, 0.2) is 25.3 Å². The molecule has 0 aromatic rings. The number of allylic oxidation sites excluding steroid dienone is 2. The molecule has 0 saturated heterocycles. The van der Waals surface area contributed by atoms with Gasteiger partial charge in [-0.3, -0.25) is 19.2 Å². The summed E-state index contributed by atoms with van der Waals surface area (Å²) in [6, 6.07) is 0. The average Bonchev–Trinajstić information content (AvgIpc) is 2.82. The normalized spacial score (nSPS) is 8.45. The monoisotopic (exact) mass is 560 g/mol. The Bertz CT molecular complexity index is 479. The number of rotatable bonds is 8. The van der Waals surface area contributed by atoms with Gasteiger partial charge in [0.2, 0.25) is 0 Å². The Balaban J connectivity index is -0.0000000645. The number of hydrogen-bond acceptors (Lipinski definition) is 13. The van der Waals surface area contributed by atoms with Crippen molar-refractivity contribution in [2.45, 2.75) is 54.6 Å². The molecule has 230 valence electrons. The van der Waals surface area contributed by atoms with E-state index in [9.17, 15) is 19.2 Å². The molecule has 4 N–H and O–H groups in total. The Hall–Kier alpha value is -2.84. The maximum atomic E-state index is 10.3. The summed E-state index contributed by atoms with van der Waals surface area (Å²) in [4.78, 5) is 40.9. The van der Waals surface area contributed by atoms with Gasteiger partial charge in [0.1, 0.15) is 25.9 Å². The lowest BCUT2D eigenvalue weighted by Gasteiger charge is -2.10. The second kappa shape index (κ2) is 54.9. The molecule has 0 bridgehead atoms. The van der Waals surface area contributed by atoms with Crippen LogP contribution in [0.3, 0.4) is 0 Å². The zero-order chi connectivity index (χ0) is 31.8. The van der Waals surface area contributed by atoms with Crippen molar-refractivity contribution in [3.63, 3.8) is 0 Å². The number of carbonyl (C=O) groups excluding carboxylic acids is 4. The third kappa shape index (κ3) is 149. The molecule has 0 aromatic carbocycles. The van der Waals surface area contributed by atoms with E-state index in [2.05, 4.69) is 36.8 Å². The maximum Gasteiger partial charge on any atom is 0.303 e. The average molecular weight is 561 g/mol. The van der Waals surface area contributed by atoms with E-state index in [0.717, 1.165) is 0 Å². The van der Waals surface area contributed by atoms with Crippen LogP contribution in [0.5, 0.6) is 0 Å². The highest BCUT2D eigenvalue weighted by molar-refractivity contribution is 5.67. The molecule has 0 aliphatic rings. The van der Waals surface area contributed by atoms with E-state index in [0.29, 0.717) is 0 Å². The van der Waals surface area contributed by atoms with Gasteiger partial charge in [0.25, 0.3) is 0 Å². The number of ether oxygens (including phenoxy) is 5. The minimum absolute atomic E-state index is 0.120. The smallest absolute Gasteiger partial charge is 0.303 e. The fraction of sp³-hybridized carbons (Fsp3) is 0.680. The number of esters is 4. The Labute approximate surface area is 228 Å². The van der Waals surface area contributed by atoms with Crippen LogP contribution in [0, 0.1) is 0 Å². The standard InChI is InChI=1S/C7H12O4.C6H10O4.2C3H6.2C2H6O2.C2H6O/c1-5(11-7(3)9)4-10-6(2)8;1-5(7)9-3-4-10-6(2)8;2*1-3-2;2*3-1-2-4;1-3-2/h5H,4H2,1-3H3;3-4H2,1-2H3;2*3H,1H2,2H3;2*3-4H,1-2H2;1-2H3. The predicted octanol–water partition coefficient (Wildman–Crippen LogP) is 1.20. The molecule has 13 heteroatoms. The first-order valence-electron chi connectivity index (χ1n) is 11.3. The van der Waals surface area contributed by atoms with E-state index in [1.54, 1.807) is 33.3 Å². The SMILES string of the molecule is C=CC.C=CC.CC(=O)OCC(C)OC(C)=O.CC(=O)OCCOC(C)=O.COC.OCCO.OCCO. The molecule has 0 aromatic heterocycles. The minimum atomic E-state index is -0.371. The quantitative estimate of drug-likeness (QED) is 0.143. The van der Waals surface area contributed by atoms with Crippen LogP contribution in [0.25, 0.3) is 0 Å². The van der Waals surface area contributed by atoms with Gasteiger partial charge in [-0.1, -0.05) is 12.2 Å². The van der Waals surface area contributed by atoms with Gasteiger partial charge in [0, 0.05) is 41.9 Å². The summed E-state index contributed by atoms with van der Waals surface area (Å²) in [6.07, 6.45) is 3.14. The van der Waals surface area contributed by atoms with Crippen molar-refractivity contribution in [3.05, 3.63) is 25.3 Å². The summed E-state index contributed by atoms with van der Waals surface area (Å²) in [7, 11) is 3.25. The van der Waals surface area contributed by atoms with Crippen molar-refractivity contribution >= 4 is 23.9 Å². The zero-order valence-corrected chi connectivity index (χ0v) is 24.6. The highest BCUT2D eigenvalue weighted by atomic mass is 16.6. The largest absolute Gasteiger partial charge is 0.462 e. The van der Waals surface area contributed by atoms with Crippen molar-refractivity contribution < 1.29 is 63.3 Å². The predicted molar refractivity (Wildman–Crippen MR) is 144 cm³/mol. The highest BCUT2D eigenvalue weighted by Gasteiger charge is 2.06. The number of methoxy groups -OCH3 is 1. The van der Waals surface area contributed by atoms with E-state index in [-0.39, 0.29) is 76.2 Å². The fourth-order valence-corrected chi connectivity index (χ4v) is 0.923. The summed E-state index contributed by atoms with van der Waals surface area (Å²) in [5, 5.41) is 30.5. The molecule has 13 nitrogen and oxygen atoms in total. The van der Waals surface area contributed by atoms with Gasteiger partial charge in [0.15, 0.2) is 0 Å². The Kier molecular flexibility index (Phi) is 74.7. The molecular formula is C25H52O13. The molecule has 0 amide bonds. The number of aliphatic hydroxyl groups is 4. The first kappa shape index (κ1) is 51.7. The molecule has 0 aliphatic heterocycles. The second-order valence-corrected chi connectivity index (χ2v) is 6.02. The highest BCUT2D eigenvalue weighted by Crippen LogP contribution is 1.92. The second-order valence-electron chi connectivity index (χ2n) is 6.02. The van der Waals surface area contributed by atoms with Crippen molar-refractivity contribution in [1.29, 1.82) is 0 Å². The van der Waals surface area contributed by atoms with Crippen LogP contribution >= 0.6 is 0 Å². The van der Waals surface area contributed by atoms with Gasteiger partial charge in [0.05, 0.1) is 26.4 Å². The van der Waals surface area contributed by atoms with Gasteiger partial charge in [-0.15, -0.1) is 13.2 Å². The molecule has 0 fully saturated rings. The minimum Gasteiger partial charge on any atom is -0.462 e. The molecule has 0 spiro atoms. The zero-order valence-electron chi connectivity index (χ0n) is 24.6. The van der Waals surface area contributed by atoms with E-state index < -0.39 is 0 Å². The van der Waals surface area contributed by atoms with Crippen molar-refractivity contribution in [2.75, 3.05) is 60.5 Å². The topological polar surface area (TPSA) is 195 Å². The Morgan fingerprint density at radius 3 is 1.05 bits per heavy atom. The molecular weight excluding hydrogens is 508 g/mol. The lowest BCUT2D eigenvalue weighted by Crippen LogP contribution is -2.19. The first-order valence-corrected chi connectivity index (χ1v) is 11.3. The lowest BCUT2D eigenvalue weighted by molar-refractivity contribution is -0.155. The molecule has 0 heterocycles. The van der Waals surface area contributed by atoms with Crippen molar-refractivity contribution in [3.8, 4) is 0 Å². The van der Waals surface area contributed by atoms with Gasteiger partial charge >= 0.3 is 23.9 Å². The third-order valence-corrected chi connectivity index (χ3v) is 1.78. The molecule has 0 aliphatic carbocycles.